The maximum atomic E-state index is 12.1. The van der Waals surface area contributed by atoms with E-state index in [-0.39, 0.29) is 0 Å². The molecule has 7 heteroatoms. The van der Waals surface area contributed by atoms with Crippen molar-refractivity contribution in [2.75, 3.05) is 20.1 Å². The number of amides is 1. The molecule has 0 bridgehead atoms. The van der Waals surface area contributed by atoms with Crippen molar-refractivity contribution in [1.82, 2.24) is 4.90 Å². The fourth-order valence-corrected chi connectivity index (χ4v) is 0.919. The molecular formula is C6H12F3N3O. The van der Waals surface area contributed by atoms with E-state index in [0.717, 1.165) is 11.9 Å². The smallest absolute Gasteiger partial charge is 0.369 e. The van der Waals surface area contributed by atoms with Crippen LogP contribution in [-0.4, -0.2) is 43.2 Å². The molecule has 0 saturated carbocycles. The number of alkyl halides is 3. The van der Waals surface area contributed by atoms with Gasteiger partial charge in [0, 0.05) is 6.54 Å². The second-order valence-electron chi connectivity index (χ2n) is 2.67. The number of nitrogens with two attached hydrogens (primary N) is 2. The molecule has 0 spiro atoms. The highest BCUT2D eigenvalue weighted by Gasteiger charge is 2.41. The number of hydrogen-bond donors (Lipinski definition) is 2. The topological polar surface area (TPSA) is 72.3 Å². The van der Waals surface area contributed by atoms with Crippen LogP contribution in [0.2, 0.25) is 0 Å². The van der Waals surface area contributed by atoms with Gasteiger partial charge in [-0.05, 0) is 7.05 Å². The Morgan fingerprint density at radius 3 is 2.23 bits per heavy atom. The predicted octanol–water partition coefficient (Wildman–Crippen LogP) is -0.707. The van der Waals surface area contributed by atoms with Gasteiger partial charge in [0.25, 0.3) is 0 Å². The van der Waals surface area contributed by atoms with E-state index in [1.807, 2.05) is 0 Å². The number of halogens is 3. The Morgan fingerprint density at radius 2 is 2.00 bits per heavy atom. The van der Waals surface area contributed by atoms with Crippen molar-refractivity contribution in [3.8, 4) is 0 Å². The van der Waals surface area contributed by atoms with Crippen LogP contribution in [0.4, 0.5) is 13.2 Å². The summed E-state index contributed by atoms with van der Waals surface area (Å²) in [5.74, 6) is -0.815. The Bertz CT molecular complexity index is 182. The Labute approximate surface area is 73.7 Å². The maximum Gasteiger partial charge on any atom is 0.405 e. The van der Waals surface area contributed by atoms with Gasteiger partial charge in [0.2, 0.25) is 5.91 Å². The number of primary amides is 1. The van der Waals surface area contributed by atoms with Crippen LogP contribution in [0.1, 0.15) is 0 Å². The van der Waals surface area contributed by atoms with E-state index in [2.05, 4.69) is 0 Å². The second kappa shape index (κ2) is 4.43. The molecule has 1 unspecified atom stereocenters. The molecule has 78 valence electrons. The first-order chi connectivity index (χ1) is 5.79. The van der Waals surface area contributed by atoms with E-state index >= 15 is 0 Å². The normalized spacial score (nSPS) is 14.6. The number of carbonyl (C=O) groups excluding carboxylic acids is 1. The highest BCUT2D eigenvalue weighted by molar-refractivity contribution is 5.75. The molecule has 1 atom stereocenters. The summed E-state index contributed by atoms with van der Waals surface area (Å²) in [4.78, 5) is 11.1. The van der Waals surface area contributed by atoms with E-state index < -0.39 is 31.2 Å². The molecule has 0 rings (SSSR count). The molecular weight excluding hydrogens is 187 g/mol. The summed E-state index contributed by atoms with van der Waals surface area (Å²) in [6, 6.07) is -1.82. The molecule has 1 amide bonds. The maximum absolute atomic E-state index is 12.1. The van der Waals surface area contributed by atoms with Crippen LogP contribution >= 0.6 is 0 Å². The SMILES string of the molecule is CN(CC(N)=O)C(CN)C(F)(F)F. The minimum Gasteiger partial charge on any atom is -0.369 e. The zero-order chi connectivity index (χ0) is 10.6. The van der Waals surface area contributed by atoms with Crippen LogP contribution in [0.3, 0.4) is 0 Å². The molecule has 0 radical (unpaired) electrons. The van der Waals surface area contributed by atoms with Crippen LogP contribution in [0.15, 0.2) is 0 Å². The lowest BCUT2D eigenvalue weighted by molar-refractivity contribution is -0.177. The van der Waals surface area contributed by atoms with Gasteiger partial charge >= 0.3 is 6.18 Å². The van der Waals surface area contributed by atoms with Crippen LogP contribution < -0.4 is 11.5 Å². The van der Waals surface area contributed by atoms with Gasteiger partial charge in [-0.1, -0.05) is 0 Å². The molecule has 4 nitrogen and oxygen atoms in total. The molecule has 13 heavy (non-hydrogen) atoms. The summed E-state index contributed by atoms with van der Waals surface area (Å²) in [7, 11) is 1.15. The minimum atomic E-state index is -4.43. The molecule has 0 aliphatic carbocycles. The lowest BCUT2D eigenvalue weighted by atomic mass is 10.2. The van der Waals surface area contributed by atoms with Crippen molar-refractivity contribution in [3.63, 3.8) is 0 Å². The second-order valence-corrected chi connectivity index (χ2v) is 2.67. The zero-order valence-corrected chi connectivity index (χ0v) is 7.14. The first kappa shape index (κ1) is 12.2. The third-order valence-electron chi connectivity index (χ3n) is 1.54. The van der Waals surface area contributed by atoms with Gasteiger partial charge in [0.05, 0.1) is 6.54 Å². The monoisotopic (exact) mass is 199 g/mol. The van der Waals surface area contributed by atoms with Gasteiger partial charge in [0.15, 0.2) is 0 Å². The lowest BCUT2D eigenvalue weighted by Gasteiger charge is -2.27. The molecule has 0 fully saturated rings. The summed E-state index contributed by atoms with van der Waals surface area (Å²) in [6.45, 7) is -1.05. The average molecular weight is 199 g/mol. The highest BCUT2D eigenvalue weighted by atomic mass is 19.4. The number of rotatable bonds is 4. The van der Waals surface area contributed by atoms with E-state index in [1.165, 1.54) is 0 Å². The van der Waals surface area contributed by atoms with E-state index in [9.17, 15) is 18.0 Å². The summed E-state index contributed by atoms with van der Waals surface area (Å²) < 4.78 is 36.4. The third kappa shape index (κ3) is 4.09. The van der Waals surface area contributed by atoms with Crippen LogP contribution in [0.25, 0.3) is 0 Å². The largest absolute Gasteiger partial charge is 0.405 e. The molecule has 0 aromatic carbocycles. The van der Waals surface area contributed by atoms with Gasteiger partial charge in [-0.15, -0.1) is 0 Å². The summed E-state index contributed by atoms with van der Waals surface area (Å²) >= 11 is 0. The van der Waals surface area contributed by atoms with Crippen LogP contribution in [0.5, 0.6) is 0 Å². The van der Waals surface area contributed by atoms with E-state index in [0.29, 0.717) is 0 Å². The predicted molar refractivity (Wildman–Crippen MR) is 40.7 cm³/mol. The number of hydrogen-bond acceptors (Lipinski definition) is 3. The van der Waals surface area contributed by atoms with Crippen LogP contribution in [0, 0.1) is 0 Å². The standard InChI is InChI=1S/C6H12F3N3O/c1-12(3-5(11)13)4(2-10)6(7,8)9/h4H,2-3,10H2,1H3,(H2,11,13). The Balaban J connectivity index is 4.32. The van der Waals surface area contributed by atoms with Gasteiger partial charge in [-0.2, -0.15) is 13.2 Å². The van der Waals surface area contributed by atoms with Gasteiger partial charge in [-0.3, -0.25) is 9.69 Å². The van der Waals surface area contributed by atoms with Crippen LogP contribution in [-0.2, 0) is 4.79 Å². The number of likely N-dealkylation sites (N-methyl/N-ethyl adjacent to an activating group) is 1. The van der Waals surface area contributed by atoms with Gasteiger partial charge < -0.3 is 11.5 Å². The Hall–Kier alpha value is -0.820. The molecule has 0 heterocycles. The first-order valence-corrected chi connectivity index (χ1v) is 3.54. The molecule has 0 aliphatic rings. The summed E-state index contributed by atoms with van der Waals surface area (Å²) in [6.07, 6.45) is -4.43. The van der Waals surface area contributed by atoms with E-state index in [1.54, 1.807) is 0 Å². The van der Waals surface area contributed by atoms with Crippen molar-refractivity contribution in [2.24, 2.45) is 11.5 Å². The molecule has 0 aliphatic heterocycles. The Morgan fingerprint density at radius 1 is 1.54 bits per heavy atom. The Kier molecular flexibility index (Phi) is 4.15. The van der Waals surface area contributed by atoms with Crippen molar-refractivity contribution < 1.29 is 18.0 Å². The first-order valence-electron chi connectivity index (χ1n) is 3.54. The summed E-state index contributed by atoms with van der Waals surface area (Å²) in [5.41, 5.74) is 9.66. The third-order valence-corrected chi connectivity index (χ3v) is 1.54. The number of nitrogens with zero attached hydrogens (tertiary/aromatic N) is 1. The van der Waals surface area contributed by atoms with Gasteiger partial charge in [-0.25, -0.2) is 0 Å². The van der Waals surface area contributed by atoms with Crippen molar-refractivity contribution in [2.45, 2.75) is 12.2 Å². The fraction of sp³-hybridized carbons (Fsp3) is 0.833. The molecule has 0 aromatic heterocycles. The molecule has 0 saturated heterocycles. The van der Waals surface area contributed by atoms with Gasteiger partial charge in [0.1, 0.15) is 6.04 Å². The molecule has 4 N–H and O–H groups in total. The number of carbonyl (C=O) groups is 1. The van der Waals surface area contributed by atoms with E-state index in [4.69, 9.17) is 11.5 Å². The zero-order valence-electron chi connectivity index (χ0n) is 7.14. The van der Waals surface area contributed by atoms with Crippen molar-refractivity contribution in [1.29, 1.82) is 0 Å². The summed E-state index contributed by atoms with van der Waals surface area (Å²) in [5, 5.41) is 0. The average Bonchev–Trinajstić information content (AvgIpc) is 1.82. The minimum absolute atomic E-state index is 0.457. The highest BCUT2D eigenvalue weighted by Crippen LogP contribution is 2.22. The lowest BCUT2D eigenvalue weighted by Crippen LogP contribution is -2.50. The fourth-order valence-electron chi connectivity index (χ4n) is 0.919. The van der Waals surface area contributed by atoms with Crippen molar-refractivity contribution >= 4 is 5.91 Å². The quantitative estimate of drug-likeness (QED) is 0.628. The molecule has 0 aromatic rings. The van der Waals surface area contributed by atoms with Crippen molar-refractivity contribution in [3.05, 3.63) is 0 Å².